The predicted octanol–water partition coefficient (Wildman–Crippen LogP) is 10.4. The Labute approximate surface area is 544 Å². The van der Waals surface area contributed by atoms with Gasteiger partial charge in [-0.2, -0.15) is 0 Å². The zero-order chi connectivity index (χ0) is 65.4. The van der Waals surface area contributed by atoms with Crippen LogP contribution in [0.5, 0.6) is 0 Å². The van der Waals surface area contributed by atoms with Crippen molar-refractivity contribution in [3.05, 3.63) is 12.2 Å². The van der Waals surface area contributed by atoms with E-state index in [1.54, 1.807) is 0 Å². The number of carbonyl (C=O) groups excluding carboxylic acids is 1. The van der Waals surface area contributed by atoms with Crippen molar-refractivity contribution in [2.75, 3.05) is 26.4 Å². The molecule has 532 valence electrons. The van der Waals surface area contributed by atoms with Crippen molar-refractivity contribution in [1.82, 2.24) is 5.32 Å². The first-order chi connectivity index (χ1) is 43.8. The highest BCUT2D eigenvalue weighted by molar-refractivity contribution is 5.76. The maximum absolute atomic E-state index is 13.4. The summed E-state index contributed by atoms with van der Waals surface area (Å²) in [6.07, 6.45) is 32.9. The average Bonchev–Trinajstić information content (AvgIpc) is 0.866. The average molecular weight is 1290 g/mol. The van der Waals surface area contributed by atoms with E-state index in [4.69, 9.17) is 28.4 Å². The molecule has 0 aromatic rings. The normalized spacial score (nSPS) is 28.0. The van der Waals surface area contributed by atoms with Crippen molar-refractivity contribution < 1.29 is 89.4 Å². The predicted molar refractivity (Wildman–Crippen MR) is 351 cm³/mol. The molecule has 0 aromatic heterocycles. The number of carbonyl (C=O) groups is 1. The molecule has 0 aromatic carbocycles. The van der Waals surface area contributed by atoms with Crippen molar-refractivity contribution >= 4 is 5.91 Å². The molecule has 19 nitrogen and oxygen atoms in total. The summed E-state index contributed by atoms with van der Waals surface area (Å²) in [6.45, 7) is 1.84. The van der Waals surface area contributed by atoms with E-state index < -0.39 is 124 Å². The zero-order valence-electron chi connectivity index (χ0n) is 56.4. The fourth-order valence-corrected chi connectivity index (χ4v) is 12.8. The van der Waals surface area contributed by atoms with Crippen LogP contribution in [0.15, 0.2) is 12.2 Å². The molecule has 0 aliphatic carbocycles. The van der Waals surface area contributed by atoms with Gasteiger partial charge in [-0.3, -0.25) is 4.79 Å². The molecule has 0 bridgehead atoms. The molecule has 0 saturated carbocycles. The molecule has 3 saturated heterocycles. The minimum atomic E-state index is -1.97. The highest BCUT2D eigenvalue weighted by atomic mass is 16.8. The monoisotopic (exact) mass is 1290 g/mol. The molecule has 17 atom stereocenters. The summed E-state index contributed by atoms with van der Waals surface area (Å²) in [5.41, 5.74) is 0. The number of rotatable bonds is 58. The van der Waals surface area contributed by atoms with E-state index in [2.05, 4.69) is 31.3 Å². The molecule has 17 unspecified atom stereocenters. The van der Waals surface area contributed by atoms with Crippen LogP contribution >= 0.6 is 0 Å². The molecular formula is C71H135NO18. The lowest BCUT2D eigenvalue weighted by Crippen LogP contribution is -2.66. The van der Waals surface area contributed by atoms with Crippen LogP contribution in [-0.2, 0) is 33.2 Å². The lowest BCUT2D eigenvalue weighted by Gasteiger charge is -2.48. The number of aliphatic hydroxyl groups is 11. The summed E-state index contributed by atoms with van der Waals surface area (Å²) in [4.78, 5) is 13.4. The highest BCUT2D eigenvalue weighted by Crippen LogP contribution is 2.33. The van der Waals surface area contributed by atoms with Crippen molar-refractivity contribution in [2.24, 2.45) is 0 Å². The van der Waals surface area contributed by atoms with Gasteiger partial charge in [-0.25, -0.2) is 0 Å². The molecule has 3 heterocycles. The van der Waals surface area contributed by atoms with E-state index >= 15 is 0 Å². The van der Waals surface area contributed by atoms with Crippen LogP contribution in [0.2, 0.25) is 0 Å². The van der Waals surface area contributed by atoms with Crippen molar-refractivity contribution in [3.8, 4) is 0 Å². The Morgan fingerprint density at radius 1 is 0.389 bits per heavy atom. The zero-order valence-corrected chi connectivity index (χ0v) is 56.4. The molecule has 90 heavy (non-hydrogen) atoms. The Bertz CT molecular complexity index is 1680. The first-order valence-electron chi connectivity index (χ1n) is 36.9. The van der Waals surface area contributed by atoms with Gasteiger partial charge in [0.25, 0.3) is 0 Å². The van der Waals surface area contributed by atoms with E-state index in [9.17, 15) is 61.0 Å². The third-order valence-electron chi connectivity index (χ3n) is 18.8. The molecular weight excluding hydrogens is 1150 g/mol. The van der Waals surface area contributed by atoms with Gasteiger partial charge >= 0.3 is 0 Å². The Morgan fingerprint density at radius 3 is 1.08 bits per heavy atom. The van der Waals surface area contributed by atoms with Gasteiger partial charge in [-0.15, -0.1) is 0 Å². The van der Waals surface area contributed by atoms with Crippen LogP contribution in [0.3, 0.4) is 0 Å². The molecule has 19 heteroatoms. The maximum atomic E-state index is 13.4. The number of hydrogen-bond acceptors (Lipinski definition) is 18. The summed E-state index contributed by atoms with van der Waals surface area (Å²) in [6, 6.07) is -0.884. The molecule has 3 fully saturated rings. The van der Waals surface area contributed by atoms with Crippen molar-refractivity contribution in [3.63, 3.8) is 0 Å². The number of amides is 1. The van der Waals surface area contributed by atoms with Gasteiger partial charge in [0.05, 0.1) is 38.6 Å². The van der Waals surface area contributed by atoms with Gasteiger partial charge in [-0.1, -0.05) is 270 Å². The van der Waals surface area contributed by atoms with Gasteiger partial charge in [0.2, 0.25) is 5.91 Å². The van der Waals surface area contributed by atoms with E-state index in [1.807, 2.05) is 0 Å². The van der Waals surface area contributed by atoms with E-state index in [0.717, 1.165) is 44.9 Å². The van der Waals surface area contributed by atoms with Crippen molar-refractivity contribution in [1.29, 1.82) is 0 Å². The second kappa shape index (κ2) is 53.6. The van der Waals surface area contributed by atoms with Gasteiger partial charge in [0, 0.05) is 6.42 Å². The number of nitrogens with one attached hydrogen (secondary N) is 1. The number of allylic oxidation sites excluding steroid dienone is 2. The van der Waals surface area contributed by atoms with Crippen LogP contribution < -0.4 is 5.32 Å². The van der Waals surface area contributed by atoms with Crippen LogP contribution in [0, 0.1) is 0 Å². The van der Waals surface area contributed by atoms with Gasteiger partial charge < -0.3 is 89.9 Å². The van der Waals surface area contributed by atoms with Crippen LogP contribution in [0.25, 0.3) is 0 Å². The number of unbranched alkanes of at least 4 members (excludes halogenated alkanes) is 40. The third-order valence-corrected chi connectivity index (χ3v) is 18.8. The maximum Gasteiger partial charge on any atom is 0.220 e. The Morgan fingerprint density at radius 2 is 0.700 bits per heavy atom. The quantitative estimate of drug-likeness (QED) is 0.0199. The molecule has 3 aliphatic rings. The summed E-state index contributed by atoms with van der Waals surface area (Å²) in [5, 5.41) is 121. The molecule has 0 radical (unpaired) electrons. The number of ether oxygens (including phenoxy) is 6. The summed E-state index contributed by atoms with van der Waals surface area (Å²) in [5.74, 6) is -0.237. The summed E-state index contributed by atoms with van der Waals surface area (Å²) >= 11 is 0. The standard InChI is InChI=1S/C71H135NO18/c1-3-5-7-9-11-13-15-17-19-21-23-24-25-26-27-28-29-30-31-33-35-37-39-41-43-45-47-49-59(77)72-54(55(76)48-46-44-42-40-38-36-34-32-22-20-18-16-14-12-10-8-6-4-2)53-85-69-65(83)62(80)67(57(51-74)87-69)90-71-66(84)63(81)68(58(52-75)88-71)89-70-64(82)61(79)60(78)56(50-73)86-70/h21,23,54-58,60-71,73-76,78-84H,3-20,22,24-53H2,1-2H3,(H,72,77)/b23-21-. The Hall–Kier alpha value is -1.47. The second-order valence-electron chi connectivity index (χ2n) is 26.8. The van der Waals surface area contributed by atoms with Crippen LogP contribution in [0.4, 0.5) is 0 Å². The lowest BCUT2D eigenvalue weighted by molar-refractivity contribution is -0.379. The minimum absolute atomic E-state index is 0.237. The fourth-order valence-electron chi connectivity index (χ4n) is 12.8. The molecule has 1 amide bonds. The largest absolute Gasteiger partial charge is 0.394 e. The van der Waals surface area contributed by atoms with Crippen molar-refractivity contribution in [2.45, 2.75) is 407 Å². The summed E-state index contributed by atoms with van der Waals surface area (Å²) < 4.78 is 34.5. The second-order valence-corrected chi connectivity index (χ2v) is 26.8. The highest BCUT2D eigenvalue weighted by Gasteiger charge is 2.53. The molecule has 12 N–H and O–H groups in total. The molecule has 0 spiro atoms. The smallest absolute Gasteiger partial charge is 0.220 e. The number of hydrogen-bond donors (Lipinski definition) is 12. The van der Waals surface area contributed by atoms with Crippen LogP contribution in [-0.4, -0.2) is 193 Å². The topological polar surface area (TPSA) is 307 Å². The van der Waals surface area contributed by atoms with E-state index in [1.165, 1.54) is 225 Å². The minimum Gasteiger partial charge on any atom is -0.394 e. The van der Waals surface area contributed by atoms with Gasteiger partial charge in [0.1, 0.15) is 73.2 Å². The Kier molecular flexibility index (Phi) is 49.3. The molecule has 3 aliphatic heterocycles. The third kappa shape index (κ3) is 35.0. The fraction of sp³-hybridized carbons (Fsp3) is 0.958. The first-order valence-corrected chi connectivity index (χ1v) is 36.9. The number of aliphatic hydroxyl groups excluding tert-OH is 11. The SMILES string of the molecule is CCCCCCCCCC/C=C\CCCCCCCCCCCCCCCCCC(=O)NC(COC1OC(CO)C(OC2OC(CO)C(OC3OC(CO)C(O)C(O)C3O)C(O)C2O)C(O)C1O)C(O)CCCCCCCCCCCCCCCCCCCC. The lowest BCUT2D eigenvalue weighted by atomic mass is 9.96. The Balaban J connectivity index is 1.39. The van der Waals surface area contributed by atoms with Gasteiger partial charge in [-0.05, 0) is 38.5 Å². The van der Waals surface area contributed by atoms with E-state index in [0.29, 0.717) is 12.8 Å². The summed E-state index contributed by atoms with van der Waals surface area (Å²) in [7, 11) is 0. The van der Waals surface area contributed by atoms with E-state index in [-0.39, 0.29) is 18.9 Å². The first kappa shape index (κ1) is 82.8. The van der Waals surface area contributed by atoms with Gasteiger partial charge in [0.15, 0.2) is 18.9 Å². The van der Waals surface area contributed by atoms with Crippen LogP contribution in [0.1, 0.15) is 303 Å². The molecule has 3 rings (SSSR count).